The lowest BCUT2D eigenvalue weighted by molar-refractivity contribution is 0.0946. The van der Waals surface area contributed by atoms with Gasteiger partial charge in [-0.05, 0) is 24.3 Å². The highest BCUT2D eigenvalue weighted by Crippen LogP contribution is 2.32. The monoisotopic (exact) mass is 391 g/mol. The van der Waals surface area contributed by atoms with Gasteiger partial charge in [0.05, 0.1) is 27.7 Å². The molecule has 0 aliphatic rings. The number of fused-ring (bicyclic) bond motifs is 1. The van der Waals surface area contributed by atoms with Crippen molar-refractivity contribution >= 4 is 45.1 Å². The molecular weight excluding hydrogens is 382 g/mol. The van der Waals surface area contributed by atoms with Gasteiger partial charge >= 0.3 is 0 Å². The average molecular weight is 392 g/mol. The third-order valence-electron chi connectivity index (χ3n) is 3.52. The fourth-order valence-electron chi connectivity index (χ4n) is 2.35. The number of hydrogen-bond donors (Lipinski definition) is 1. The largest absolute Gasteiger partial charge is 0.467 e. The van der Waals surface area contributed by atoms with Crippen LogP contribution in [0.5, 0.6) is 0 Å². The van der Waals surface area contributed by atoms with Gasteiger partial charge in [-0.1, -0.05) is 11.6 Å². The highest BCUT2D eigenvalue weighted by atomic mass is 35.5. The molecule has 0 saturated heterocycles. The summed E-state index contributed by atoms with van der Waals surface area (Å²) >= 11 is 8.68. The fourth-order valence-corrected chi connectivity index (χ4v) is 4.32. The first kappa shape index (κ1) is 16.1. The molecule has 0 radical (unpaired) electrons. The minimum absolute atomic E-state index is 0.0219. The zero-order valence-corrected chi connectivity index (χ0v) is 15.0. The lowest BCUT2D eigenvalue weighted by atomic mass is 10.3. The molecule has 0 fully saturated rings. The van der Waals surface area contributed by atoms with E-state index in [0.29, 0.717) is 20.8 Å². The van der Waals surface area contributed by atoms with Crippen LogP contribution in [-0.2, 0) is 6.54 Å². The molecule has 6 nitrogen and oxygen atoms in total. The van der Waals surface area contributed by atoms with Crippen molar-refractivity contribution in [2.75, 3.05) is 0 Å². The highest BCUT2D eigenvalue weighted by molar-refractivity contribution is 7.20. The first-order chi connectivity index (χ1) is 12.1. The molecule has 9 heteroatoms. The van der Waals surface area contributed by atoms with E-state index in [4.69, 9.17) is 16.0 Å². The van der Waals surface area contributed by atoms with Gasteiger partial charge in [-0.15, -0.1) is 22.7 Å². The first-order valence-corrected chi connectivity index (χ1v) is 9.26. The van der Waals surface area contributed by atoms with Crippen molar-refractivity contribution in [3.05, 3.63) is 68.1 Å². The number of amides is 1. The molecule has 0 aliphatic heterocycles. The van der Waals surface area contributed by atoms with Crippen LogP contribution >= 0.6 is 34.3 Å². The molecule has 0 spiro atoms. The number of nitrogens with zero attached hydrogens (tertiary/aromatic N) is 2. The van der Waals surface area contributed by atoms with Crippen LogP contribution in [0.15, 0.2) is 51.3 Å². The molecule has 4 aromatic rings. The van der Waals surface area contributed by atoms with E-state index < -0.39 is 11.5 Å². The predicted molar refractivity (Wildman–Crippen MR) is 97.5 cm³/mol. The molecule has 4 aromatic heterocycles. The van der Waals surface area contributed by atoms with Crippen molar-refractivity contribution in [2.45, 2.75) is 6.54 Å². The summed E-state index contributed by atoms with van der Waals surface area (Å²) in [5, 5.41) is 4.49. The minimum Gasteiger partial charge on any atom is -0.467 e. The number of halogens is 1. The van der Waals surface area contributed by atoms with Gasteiger partial charge < -0.3 is 9.73 Å². The Bertz CT molecular complexity index is 1110. The Balaban J connectivity index is 1.72. The van der Waals surface area contributed by atoms with Crippen LogP contribution in [0.3, 0.4) is 0 Å². The predicted octanol–water partition coefficient (Wildman–Crippen LogP) is 3.66. The Morgan fingerprint density at radius 2 is 2.24 bits per heavy atom. The molecule has 4 heterocycles. The fraction of sp³-hybridized carbons (Fsp3) is 0.0625. The molecule has 1 amide bonds. The van der Waals surface area contributed by atoms with Crippen molar-refractivity contribution in [1.82, 2.24) is 14.7 Å². The van der Waals surface area contributed by atoms with Gasteiger partial charge in [0.15, 0.2) is 4.96 Å². The summed E-state index contributed by atoms with van der Waals surface area (Å²) in [6.07, 6.45) is 2.82. The second-order valence-electron chi connectivity index (χ2n) is 5.08. The Kier molecular flexibility index (Phi) is 4.16. The molecule has 1 N–H and O–H groups in total. The van der Waals surface area contributed by atoms with Gasteiger partial charge in [0, 0.05) is 11.6 Å². The summed E-state index contributed by atoms with van der Waals surface area (Å²) in [5.41, 5.74) is 0.240. The number of furan rings is 1. The van der Waals surface area contributed by atoms with Crippen LogP contribution in [0.2, 0.25) is 4.34 Å². The summed E-state index contributed by atoms with van der Waals surface area (Å²) < 4.78 is 7.23. The second-order valence-corrected chi connectivity index (χ2v) is 7.63. The van der Waals surface area contributed by atoms with Crippen LogP contribution in [0, 0.1) is 0 Å². The molecule has 0 unspecified atom stereocenters. The number of nitrogens with one attached hydrogen (secondary N) is 1. The van der Waals surface area contributed by atoms with E-state index in [-0.39, 0.29) is 12.1 Å². The molecule has 0 bridgehead atoms. The molecule has 25 heavy (non-hydrogen) atoms. The van der Waals surface area contributed by atoms with Gasteiger partial charge in [-0.25, -0.2) is 9.38 Å². The number of hydrogen-bond acceptors (Lipinski definition) is 6. The van der Waals surface area contributed by atoms with Crippen molar-refractivity contribution in [3.8, 4) is 10.6 Å². The summed E-state index contributed by atoms with van der Waals surface area (Å²) in [5.74, 6) is 0.108. The number of thiophene rings is 1. The summed E-state index contributed by atoms with van der Waals surface area (Å²) in [4.78, 5) is 30.8. The molecule has 0 aromatic carbocycles. The Morgan fingerprint density at radius 1 is 1.36 bits per heavy atom. The van der Waals surface area contributed by atoms with E-state index in [2.05, 4.69) is 10.3 Å². The quantitative estimate of drug-likeness (QED) is 0.576. The van der Waals surface area contributed by atoms with E-state index in [9.17, 15) is 9.59 Å². The van der Waals surface area contributed by atoms with Crippen molar-refractivity contribution in [3.63, 3.8) is 0 Å². The van der Waals surface area contributed by atoms with Crippen LogP contribution in [0.4, 0.5) is 0 Å². The number of carbonyl (C=O) groups is 1. The standard InChI is InChI=1S/C16H10ClN3O3S2/c17-13-4-3-12(25-13)11-8-24-16-19-7-10(15(22)20(11)16)14(21)18-6-9-2-1-5-23-9/h1-5,7-8H,6H2,(H,18,21). The van der Waals surface area contributed by atoms with Crippen molar-refractivity contribution in [1.29, 1.82) is 0 Å². The Hall–Kier alpha value is -2.42. The Labute approximate surface area is 154 Å². The molecular formula is C16H10ClN3O3S2. The van der Waals surface area contributed by atoms with E-state index >= 15 is 0 Å². The third-order valence-corrected chi connectivity index (χ3v) is 5.61. The number of rotatable bonds is 4. The SMILES string of the molecule is O=C(NCc1ccco1)c1cnc2scc(-c3ccc(Cl)s3)n2c1=O. The van der Waals surface area contributed by atoms with E-state index in [1.165, 1.54) is 39.5 Å². The number of thiazole rings is 1. The summed E-state index contributed by atoms with van der Waals surface area (Å²) in [6.45, 7) is 0.199. The zero-order chi connectivity index (χ0) is 17.4. The maximum atomic E-state index is 12.8. The van der Waals surface area contributed by atoms with E-state index in [0.717, 1.165) is 4.88 Å². The van der Waals surface area contributed by atoms with Crippen LogP contribution in [0.25, 0.3) is 15.5 Å². The topological polar surface area (TPSA) is 76.6 Å². The summed E-state index contributed by atoms with van der Waals surface area (Å²) in [6, 6.07) is 7.08. The summed E-state index contributed by atoms with van der Waals surface area (Å²) in [7, 11) is 0. The third kappa shape index (κ3) is 2.99. The Morgan fingerprint density at radius 3 is 2.96 bits per heavy atom. The number of carbonyl (C=O) groups excluding carboxylic acids is 1. The highest BCUT2D eigenvalue weighted by Gasteiger charge is 2.17. The molecule has 126 valence electrons. The molecule has 4 rings (SSSR count). The van der Waals surface area contributed by atoms with Gasteiger partial charge in [-0.3, -0.25) is 9.59 Å². The number of aromatic nitrogens is 2. The zero-order valence-electron chi connectivity index (χ0n) is 12.6. The van der Waals surface area contributed by atoms with Gasteiger partial charge in [-0.2, -0.15) is 0 Å². The van der Waals surface area contributed by atoms with Crippen LogP contribution in [0.1, 0.15) is 16.1 Å². The van der Waals surface area contributed by atoms with Gasteiger partial charge in [0.2, 0.25) is 0 Å². The maximum Gasteiger partial charge on any atom is 0.271 e. The van der Waals surface area contributed by atoms with Gasteiger partial charge in [0.1, 0.15) is 11.3 Å². The van der Waals surface area contributed by atoms with Crippen molar-refractivity contribution < 1.29 is 9.21 Å². The molecule has 0 aliphatic carbocycles. The smallest absolute Gasteiger partial charge is 0.271 e. The minimum atomic E-state index is -0.496. The van der Waals surface area contributed by atoms with E-state index in [1.54, 1.807) is 18.2 Å². The molecule has 0 atom stereocenters. The van der Waals surface area contributed by atoms with E-state index in [1.807, 2.05) is 11.4 Å². The van der Waals surface area contributed by atoms with Crippen LogP contribution in [-0.4, -0.2) is 15.3 Å². The maximum absolute atomic E-state index is 12.8. The average Bonchev–Trinajstić information content (AvgIpc) is 3.33. The van der Waals surface area contributed by atoms with Crippen LogP contribution < -0.4 is 10.9 Å². The lowest BCUT2D eigenvalue weighted by Gasteiger charge is -2.04. The van der Waals surface area contributed by atoms with Crippen molar-refractivity contribution in [2.24, 2.45) is 0 Å². The normalized spacial score (nSPS) is 11.1. The molecule has 0 saturated carbocycles. The lowest BCUT2D eigenvalue weighted by Crippen LogP contribution is -2.31. The second kappa shape index (κ2) is 6.47. The van der Waals surface area contributed by atoms with Gasteiger partial charge in [0.25, 0.3) is 11.5 Å². The first-order valence-electron chi connectivity index (χ1n) is 7.19.